The minimum absolute atomic E-state index is 0.244. The van der Waals surface area contributed by atoms with E-state index in [2.05, 4.69) is 5.32 Å². The van der Waals surface area contributed by atoms with Crippen LogP contribution in [-0.2, 0) is 11.0 Å². The number of amides is 1. The lowest BCUT2D eigenvalue weighted by Gasteiger charge is -2.43. The van der Waals surface area contributed by atoms with Gasteiger partial charge in [0.2, 0.25) is 5.91 Å². The minimum Gasteiger partial charge on any atom is -0.356 e. The van der Waals surface area contributed by atoms with Crippen molar-refractivity contribution in [2.75, 3.05) is 18.0 Å². The lowest BCUT2D eigenvalue weighted by atomic mass is 9.96. The van der Waals surface area contributed by atoms with Crippen LogP contribution in [0.25, 0.3) is 0 Å². The molecule has 1 heterocycles. The van der Waals surface area contributed by atoms with Crippen molar-refractivity contribution in [2.24, 2.45) is 0 Å². The van der Waals surface area contributed by atoms with Crippen molar-refractivity contribution >= 4 is 11.6 Å². The van der Waals surface area contributed by atoms with Crippen LogP contribution in [0.15, 0.2) is 18.2 Å². The number of carbonyl (C=O) groups excluding carboxylic acids is 1. The summed E-state index contributed by atoms with van der Waals surface area (Å²) < 4.78 is 39.0. The minimum atomic E-state index is -4.61. The second-order valence-corrected chi connectivity index (χ2v) is 5.31. The zero-order valence-electron chi connectivity index (χ0n) is 11.6. The molecular formula is C14H14F3N3O. The highest BCUT2D eigenvalue weighted by Gasteiger charge is 2.39. The number of hydrogen-bond donors (Lipinski definition) is 1. The number of rotatable bonds is 1. The summed E-state index contributed by atoms with van der Waals surface area (Å²) in [4.78, 5) is 13.5. The van der Waals surface area contributed by atoms with Crippen molar-refractivity contribution in [1.82, 2.24) is 5.32 Å². The average molecular weight is 297 g/mol. The molecule has 21 heavy (non-hydrogen) atoms. The van der Waals surface area contributed by atoms with Gasteiger partial charge in [0.1, 0.15) is 5.54 Å². The van der Waals surface area contributed by atoms with Crippen LogP contribution < -0.4 is 10.2 Å². The van der Waals surface area contributed by atoms with Crippen molar-refractivity contribution in [3.8, 4) is 6.07 Å². The standard InChI is InChI=1S/C14H14F3N3O/c1-13(2)12(21)19-5-6-20(13)10-4-3-9(8-18)11(7-10)14(15,16)17/h3-4,7H,5-6H2,1-2H3,(H,19,21). The van der Waals surface area contributed by atoms with Crippen molar-refractivity contribution in [3.63, 3.8) is 0 Å². The molecule has 112 valence electrons. The molecule has 0 bridgehead atoms. The van der Waals surface area contributed by atoms with Crippen molar-refractivity contribution in [3.05, 3.63) is 29.3 Å². The van der Waals surface area contributed by atoms with Gasteiger partial charge >= 0.3 is 6.18 Å². The van der Waals surface area contributed by atoms with Crippen LogP contribution >= 0.6 is 0 Å². The van der Waals surface area contributed by atoms with Gasteiger partial charge in [-0.3, -0.25) is 4.79 Å². The van der Waals surface area contributed by atoms with Gasteiger partial charge in [-0.1, -0.05) is 0 Å². The van der Waals surface area contributed by atoms with Gasteiger partial charge in [0.25, 0.3) is 0 Å². The molecule has 0 spiro atoms. The Labute approximate surface area is 120 Å². The highest BCUT2D eigenvalue weighted by atomic mass is 19.4. The Morgan fingerprint density at radius 1 is 1.38 bits per heavy atom. The maximum atomic E-state index is 13.0. The zero-order valence-corrected chi connectivity index (χ0v) is 11.6. The lowest BCUT2D eigenvalue weighted by Crippen LogP contribution is -2.62. The molecule has 2 rings (SSSR count). The second-order valence-electron chi connectivity index (χ2n) is 5.31. The van der Waals surface area contributed by atoms with Crippen LogP contribution in [0.2, 0.25) is 0 Å². The first-order chi connectivity index (χ1) is 9.67. The van der Waals surface area contributed by atoms with Gasteiger partial charge in [0.15, 0.2) is 0 Å². The van der Waals surface area contributed by atoms with E-state index < -0.39 is 22.8 Å². The van der Waals surface area contributed by atoms with E-state index in [0.717, 1.165) is 12.1 Å². The Morgan fingerprint density at radius 3 is 2.62 bits per heavy atom. The van der Waals surface area contributed by atoms with E-state index in [1.54, 1.807) is 24.8 Å². The fourth-order valence-electron chi connectivity index (χ4n) is 2.38. The van der Waals surface area contributed by atoms with E-state index in [1.165, 1.54) is 6.07 Å². The molecule has 1 saturated heterocycles. The highest BCUT2D eigenvalue weighted by Crippen LogP contribution is 2.36. The number of hydrogen-bond acceptors (Lipinski definition) is 3. The second kappa shape index (κ2) is 4.95. The van der Waals surface area contributed by atoms with E-state index in [-0.39, 0.29) is 11.6 Å². The molecule has 0 unspecified atom stereocenters. The number of piperazine rings is 1. The third-order valence-electron chi connectivity index (χ3n) is 3.59. The third-order valence-corrected chi connectivity index (χ3v) is 3.59. The summed E-state index contributed by atoms with van der Waals surface area (Å²) in [5.41, 5.74) is -2.08. The molecule has 1 aliphatic rings. The first-order valence-corrected chi connectivity index (χ1v) is 6.35. The van der Waals surface area contributed by atoms with Crippen LogP contribution in [-0.4, -0.2) is 24.5 Å². The van der Waals surface area contributed by atoms with Crippen LogP contribution in [0.1, 0.15) is 25.0 Å². The summed E-state index contributed by atoms with van der Waals surface area (Å²) >= 11 is 0. The zero-order chi connectivity index (χ0) is 15.8. The van der Waals surface area contributed by atoms with Crippen molar-refractivity contribution in [2.45, 2.75) is 25.6 Å². The number of nitrogens with one attached hydrogen (secondary N) is 1. The van der Waals surface area contributed by atoms with Gasteiger partial charge in [-0.2, -0.15) is 18.4 Å². The molecule has 7 heteroatoms. The quantitative estimate of drug-likeness (QED) is 0.865. The number of nitrogens with zero attached hydrogens (tertiary/aromatic N) is 2. The van der Waals surface area contributed by atoms with E-state index in [4.69, 9.17) is 5.26 Å². The van der Waals surface area contributed by atoms with Gasteiger partial charge < -0.3 is 10.2 Å². The molecule has 0 aliphatic carbocycles. The number of anilines is 1. The topological polar surface area (TPSA) is 56.1 Å². The van der Waals surface area contributed by atoms with Gasteiger partial charge in [-0.25, -0.2) is 0 Å². The van der Waals surface area contributed by atoms with E-state index >= 15 is 0 Å². The summed E-state index contributed by atoms with van der Waals surface area (Å²) in [7, 11) is 0. The Bertz CT molecular complexity index is 617. The third kappa shape index (κ3) is 2.66. The number of alkyl halides is 3. The summed E-state index contributed by atoms with van der Waals surface area (Å²) in [6, 6.07) is 5.05. The summed E-state index contributed by atoms with van der Waals surface area (Å²) in [5.74, 6) is -0.244. The SMILES string of the molecule is CC1(C)C(=O)NCCN1c1ccc(C#N)c(C(F)(F)F)c1. The Morgan fingerprint density at radius 2 is 2.05 bits per heavy atom. The molecule has 0 aromatic heterocycles. The predicted molar refractivity (Wildman–Crippen MR) is 70.6 cm³/mol. The smallest absolute Gasteiger partial charge is 0.356 e. The van der Waals surface area contributed by atoms with Crippen LogP contribution in [0.5, 0.6) is 0 Å². The number of halogens is 3. The fraction of sp³-hybridized carbons (Fsp3) is 0.429. The fourth-order valence-corrected chi connectivity index (χ4v) is 2.38. The first-order valence-electron chi connectivity index (χ1n) is 6.35. The van der Waals surface area contributed by atoms with Gasteiger partial charge in [-0.05, 0) is 32.0 Å². The predicted octanol–water partition coefficient (Wildman–Crippen LogP) is 2.29. The van der Waals surface area contributed by atoms with E-state index in [0.29, 0.717) is 13.1 Å². The highest BCUT2D eigenvalue weighted by molar-refractivity contribution is 5.90. The van der Waals surface area contributed by atoms with Crippen molar-refractivity contribution < 1.29 is 18.0 Å². The maximum absolute atomic E-state index is 13.0. The molecule has 0 radical (unpaired) electrons. The Hall–Kier alpha value is -2.23. The molecule has 1 fully saturated rings. The molecule has 1 N–H and O–H groups in total. The molecule has 0 atom stereocenters. The summed E-state index contributed by atoms with van der Waals surface area (Å²) in [5, 5.41) is 11.5. The maximum Gasteiger partial charge on any atom is 0.417 e. The molecule has 1 aromatic rings. The number of benzene rings is 1. The molecule has 4 nitrogen and oxygen atoms in total. The Balaban J connectivity index is 2.51. The monoisotopic (exact) mass is 297 g/mol. The van der Waals surface area contributed by atoms with E-state index in [9.17, 15) is 18.0 Å². The summed E-state index contributed by atoms with van der Waals surface area (Å²) in [6.07, 6.45) is -4.61. The number of nitriles is 1. The summed E-state index contributed by atoms with van der Waals surface area (Å²) in [6.45, 7) is 4.06. The van der Waals surface area contributed by atoms with E-state index in [1.807, 2.05) is 0 Å². The number of carbonyl (C=O) groups is 1. The average Bonchev–Trinajstić information content (AvgIpc) is 2.40. The van der Waals surface area contributed by atoms with Gasteiger partial charge in [0, 0.05) is 18.8 Å². The molecular weight excluding hydrogens is 283 g/mol. The molecule has 0 saturated carbocycles. The molecule has 1 amide bonds. The normalized spacial score (nSPS) is 18.1. The van der Waals surface area contributed by atoms with Crippen LogP contribution in [0, 0.1) is 11.3 Å². The Kier molecular flexibility index (Phi) is 3.58. The van der Waals surface area contributed by atoms with Gasteiger partial charge in [-0.15, -0.1) is 0 Å². The largest absolute Gasteiger partial charge is 0.417 e. The lowest BCUT2D eigenvalue weighted by molar-refractivity contribution is -0.137. The molecule has 1 aromatic carbocycles. The van der Waals surface area contributed by atoms with Crippen molar-refractivity contribution in [1.29, 1.82) is 5.26 Å². The molecule has 1 aliphatic heterocycles. The van der Waals surface area contributed by atoms with Crippen LogP contribution in [0.3, 0.4) is 0 Å². The van der Waals surface area contributed by atoms with Gasteiger partial charge in [0.05, 0.1) is 17.2 Å². The first kappa shape index (κ1) is 15.2. The van der Waals surface area contributed by atoms with Crippen LogP contribution in [0.4, 0.5) is 18.9 Å².